The molecule has 114 valence electrons. The number of hydrogen-bond acceptors (Lipinski definition) is 6. The molecule has 0 amide bonds. The van der Waals surface area contributed by atoms with E-state index in [1.165, 1.54) is 11.2 Å². The number of thiazole rings is 1. The van der Waals surface area contributed by atoms with Crippen molar-refractivity contribution in [3.63, 3.8) is 0 Å². The maximum atomic E-state index is 12.6. The second-order valence-corrected chi connectivity index (χ2v) is 9.99. The van der Waals surface area contributed by atoms with Gasteiger partial charge in [0, 0.05) is 18.3 Å². The van der Waals surface area contributed by atoms with E-state index in [0.717, 1.165) is 0 Å². The zero-order chi connectivity index (χ0) is 15.1. The molecule has 0 bridgehead atoms. The van der Waals surface area contributed by atoms with Gasteiger partial charge in [-0.1, -0.05) is 18.3 Å². The van der Waals surface area contributed by atoms with Crippen LogP contribution in [-0.2, 0) is 19.9 Å². The molecule has 1 saturated heterocycles. The molecule has 10 heteroatoms. The number of sulfone groups is 1. The lowest BCUT2D eigenvalue weighted by atomic mass is 10.3. The van der Waals surface area contributed by atoms with Crippen molar-refractivity contribution in [2.24, 2.45) is 0 Å². The van der Waals surface area contributed by atoms with Crippen LogP contribution >= 0.6 is 11.3 Å². The Morgan fingerprint density at radius 3 is 2.50 bits per heavy atom. The third kappa shape index (κ3) is 2.83. The maximum absolute atomic E-state index is 12.6. The number of H-pyrrole nitrogens is 1. The normalized spacial score (nSPS) is 22.4. The van der Waals surface area contributed by atoms with Crippen molar-refractivity contribution in [1.82, 2.24) is 9.29 Å². The van der Waals surface area contributed by atoms with E-state index in [-0.39, 0.29) is 22.3 Å². The molecule has 7 nitrogen and oxygen atoms in total. The van der Waals surface area contributed by atoms with Crippen LogP contribution in [0.15, 0.2) is 9.00 Å². The van der Waals surface area contributed by atoms with Crippen LogP contribution in [0.5, 0.6) is 0 Å². The zero-order valence-corrected chi connectivity index (χ0v) is 13.6. The first-order valence-corrected chi connectivity index (χ1v) is 10.2. The van der Waals surface area contributed by atoms with Crippen LogP contribution in [0.4, 0.5) is 0 Å². The third-order valence-electron chi connectivity index (χ3n) is 3.25. The Morgan fingerprint density at radius 1 is 1.45 bits per heavy atom. The Balaban J connectivity index is 2.41. The number of nitrogens with one attached hydrogen (secondary N) is 1. The minimum Gasteiger partial charge on any atom is -0.315 e. The maximum Gasteiger partial charge on any atom is 0.305 e. The lowest BCUT2D eigenvalue weighted by Gasteiger charge is -2.25. The highest BCUT2D eigenvalue weighted by molar-refractivity contribution is 7.92. The second-order valence-electron chi connectivity index (χ2n) is 4.69. The van der Waals surface area contributed by atoms with Gasteiger partial charge in [-0.25, -0.2) is 16.8 Å². The number of nitrogens with zero attached hydrogens (tertiary/aromatic N) is 1. The number of aromatic amines is 1. The van der Waals surface area contributed by atoms with Gasteiger partial charge in [-0.05, 0) is 13.3 Å². The van der Waals surface area contributed by atoms with Crippen molar-refractivity contribution in [1.29, 1.82) is 0 Å². The van der Waals surface area contributed by atoms with E-state index in [0.29, 0.717) is 23.5 Å². The highest BCUT2D eigenvalue weighted by atomic mass is 32.2. The van der Waals surface area contributed by atoms with Gasteiger partial charge < -0.3 is 4.98 Å². The van der Waals surface area contributed by atoms with Crippen LogP contribution in [-0.4, -0.2) is 50.2 Å². The van der Waals surface area contributed by atoms with E-state index in [9.17, 15) is 21.6 Å². The van der Waals surface area contributed by atoms with Crippen LogP contribution < -0.4 is 4.87 Å². The molecule has 1 unspecified atom stereocenters. The van der Waals surface area contributed by atoms with Crippen molar-refractivity contribution < 1.29 is 16.8 Å². The number of aromatic nitrogens is 1. The smallest absolute Gasteiger partial charge is 0.305 e. The fourth-order valence-electron chi connectivity index (χ4n) is 2.37. The molecule has 0 radical (unpaired) electrons. The van der Waals surface area contributed by atoms with E-state index in [2.05, 4.69) is 4.98 Å². The van der Waals surface area contributed by atoms with Crippen molar-refractivity contribution in [2.45, 2.75) is 30.5 Å². The summed E-state index contributed by atoms with van der Waals surface area (Å²) in [4.78, 5) is 13.3. The van der Waals surface area contributed by atoms with Gasteiger partial charge >= 0.3 is 4.87 Å². The SMILES string of the molecule is CCN(C1CCS(=O)(=O)C1)S(=O)(=O)c1sc(=O)[nH]c1C. The first-order valence-electron chi connectivity index (χ1n) is 6.09. The average Bonchev–Trinajstić information content (AvgIpc) is 2.82. The number of aryl methyl sites for hydroxylation is 1. The first-order chi connectivity index (χ1) is 9.17. The predicted molar refractivity (Wildman–Crippen MR) is 76.3 cm³/mol. The quantitative estimate of drug-likeness (QED) is 0.827. The molecule has 0 aliphatic carbocycles. The molecule has 2 heterocycles. The number of sulfonamides is 1. The summed E-state index contributed by atoms with van der Waals surface area (Å²) >= 11 is 0.633. The van der Waals surface area contributed by atoms with Gasteiger partial charge in [0.05, 0.1) is 11.5 Å². The minimum absolute atomic E-state index is 0.00599. The number of rotatable bonds is 4. The number of hydrogen-bond donors (Lipinski definition) is 1. The monoisotopic (exact) mass is 340 g/mol. The van der Waals surface area contributed by atoms with Crippen LogP contribution in [0, 0.1) is 6.92 Å². The van der Waals surface area contributed by atoms with Gasteiger partial charge in [-0.3, -0.25) is 4.79 Å². The van der Waals surface area contributed by atoms with Crippen LogP contribution in [0.3, 0.4) is 0 Å². The summed E-state index contributed by atoms with van der Waals surface area (Å²) in [5, 5.41) is 0. The first kappa shape index (κ1) is 15.7. The molecule has 0 spiro atoms. The van der Waals surface area contributed by atoms with E-state index < -0.39 is 30.8 Å². The molecule has 1 N–H and O–H groups in total. The Bertz CT molecular complexity index is 759. The lowest BCUT2D eigenvalue weighted by Crippen LogP contribution is -2.40. The standard InChI is InChI=1S/C10H16N2O5S3/c1-3-12(8-4-5-19(14,15)6-8)20(16,17)9-7(2)11-10(13)18-9/h8H,3-6H2,1-2H3,(H,11,13). The van der Waals surface area contributed by atoms with Crippen molar-refractivity contribution in [3.05, 3.63) is 15.4 Å². The second kappa shape index (κ2) is 5.24. The molecule has 2 rings (SSSR count). The van der Waals surface area contributed by atoms with Gasteiger partial charge in [0.2, 0.25) is 0 Å². The Morgan fingerprint density at radius 2 is 2.10 bits per heavy atom. The van der Waals surface area contributed by atoms with E-state index in [1.54, 1.807) is 6.92 Å². The van der Waals surface area contributed by atoms with Crippen LogP contribution in [0.1, 0.15) is 19.0 Å². The molecule has 1 aliphatic heterocycles. The van der Waals surface area contributed by atoms with Crippen molar-refractivity contribution in [2.75, 3.05) is 18.1 Å². The Kier molecular flexibility index (Phi) is 4.11. The van der Waals surface area contributed by atoms with E-state index in [4.69, 9.17) is 0 Å². The highest BCUT2D eigenvalue weighted by Gasteiger charge is 2.39. The summed E-state index contributed by atoms with van der Waals surface area (Å²) in [6, 6.07) is -0.549. The van der Waals surface area contributed by atoms with E-state index >= 15 is 0 Å². The van der Waals surface area contributed by atoms with Gasteiger partial charge in [0.1, 0.15) is 0 Å². The average molecular weight is 340 g/mol. The molecule has 1 fully saturated rings. The minimum atomic E-state index is -3.84. The Hall–Kier alpha value is -0.710. The molecule has 1 aromatic rings. The summed E-state index contributed by atoms with van der Waals surface area (Å²) in [7, 11) is -7.01. The Labute approximate surface area is 121 Å². The molecule has 1 atom stereocenters. The largest absolute Gasteiger partial charge is 0.315 e. The fourth-order valence-corrected chi connectivity index (χ4v) is 7.27. The molecular weight excluding hydrogens is 324 g/mol. The summed E-state index contributed by atoms with van der Waals surface area (Å²) < 4.78 is 49.3. The molecule has 1 aliphatic rings. The van der Waals surface area contributed by atoms with Crippen LogP contribution in [0.25, 0.3) is 0 Å². The molecule has 1 aromatic heterocycles. The van der Waals surface area contributed by atoms with Gasteiger partial charge in [0.25, 0.3) is 10.0 Å². The summed E-state index contributed by atoms with van der Waals surface area (Å²) in [5.41, 5.74) is 0.291. The predicted octanol–water partition coefficient (Wildman–Crippen LogP) is -0.0575. The van der Waals surface area contributed by atoms with Crippen molar-refractivity contribution in [3.8, 4) is 0 Å². The topological polar surface area (TPSA) is 104 Å². The molecule has 0 saturated carbocycles. The molecule has 0 aromatic carbocycles. The fraction of sp³-hybridized carbons (Fsp3) is 0.700. The lowest BCUT2D eigenvalue weighted by molar-refractivity contribution is 0.355. The molecular formula is C10H16N2O5S3. The third-order valence-corrected chi connectivity index (χ3v) is 8.61. The van der Waals surface area contributed by atoms with Crippen molar-refractivity contribution >= 4 is 31.2 Å². The van der Waals surface area contributed by atoms with Gasteiger partial charge in [0.15, 0.2) is 14.0 Å². The summed E-state index contributed by atoms with van der Waals surface area (Å²) in [6.07, 6.45) is 0.299. The van der Waals surface area contributed by atoms with Gasteiger partial charge in [-0.15, -0.1) is 0 Å². The summed E-state index contributed by atoms with van der Waals surface area (Å²) in [5.74, 6) is -0.148. The summed E-state index contributed by atoms with van der Waals surface area (Å²) in [6.45, 7) is 3.35. The van der Waals surface area contributed by atoms with E-state index in [1.807, 2.05) is 0 Å². The van der Waals surface area contributed by atoms with Gasteiger partial charge in [-0.2, -0.15) is 4.31 Å². The molecule has 20 heavy (non-hydrogen) atoms. The zero-order valence-electron chi connectivity index (χ0n) is 11.1. The highest BCUT2D eigenvalue weighted by Crippen LogP contribution is 2.27. The van der Waals surface area contributed by atoms with Crippen LogP contribution in [0.2, 0.25) is 0 Å².